The molecule has 2 aromatic carbocycles. The summed E-state index contributed by atoms with van der Waals surface area (Å²) >= 11 is 6.23. The Bertz CT molecular complexity index is 1300. The standard InChI is InChI=1S/C26H26ClN3O3/c1-14-21(25(33)30(28-14)16-8-6-5-7-9-16)22-23(31)17(24(22)32)13-20-26(2,3)18-12-15(27)10-11-19(18)29(20)4/h5-13,17,22-24,28H,1-4H3/q-2. The number of hydrogen-bond donors (Lipinski definition) is 1. The van der Waals surface area contributed by atoms with E-state index in [1.165, 1.54) is 4.68 Å². The quantitative estimate of drug-likeness (QED) is 0.646. The number of nitrogens with zero attached hydrogens (tertiary/aromatic N) is 2. The number of H-pyrrole nitrogens is 1. The third-order valence-electron chi connectivity index (χ3n) is 7.28. The average Bonchev–Trinajstić information content (AvgIpc) is 3.17. The van der Waals surface area contributed by atoms with Gasteiger partial charge in [-0.3, -0.25) is 9.89 Å². The van der Waals surface area contributed by atoms with Gasteiger partial charge in [0.2, 0.25) is 0 Å². The number of fused-ring (bicyclic) bond motifs is 1. The first kappa shape index (κ1) is 22.0. The maximum atomic E-state index is 13.3. The summed E-state index contributed by atoms with van der Waals surface area (Å²) in [6, 6.07) is 14.9. The summed E-state index contributed by atoms with van der Waals surface area (Å²) in [6.45, 7) is 5.89. The Morgan fingerprint density at radius 1 is 1.09 bits per heavy atom. The summed E-state index contributed by atoms with van der Waals surface area (Å²) in [5.41, 5.74) is 3.84. The summed E-state index contributed by atoms with van der Waals surface area (Å²) in [5, 5.41) is 30.3. The van der Waals surface area contributed by atoms with Crippen LogP contribution in [-0.4, -0.2) is 29.0 Å². The van der Waals surface area contributed by atoms with Crippen molar-refractivity contribution < 1.29 is 10.2 Å². The molecular formula is C26H26ClN3O3-2. The molecule has 5 rings (SSSR count). The molecule has 2 aliphatic rings. The van der Waals surface area contributed by atoms with Crippen LogP contribution in [0.3, 0.4) is 0 Å². The average molecular weight is 464 g/mol. The predicted molar refractivity (Wildman–Crippen MR) is 126 cm³/mol. The monoisotopic (exact) mass is 463 g/mol. The second-order valence-corrected chi connectivity index (χ2v) is 9.99. The number of anilines is 1. The Morgan fingerprint density at radius 2 is 1.76 bits per heavy atom. The number of para-hydroxylation sites is 1. The van der Waals surface area contributed by atoms with Crippen molar-refractivity contribution in [2.45, 2.75) is 44.3 Å². The Balaban J connectivity index is 1.47. The van der Waals surface area contributed by atoms with Crippen LogP contribution < -0.4 is 20.7 Å². The zero-order chi connectivity index (χ0) is 23.7. The van der Waals surface area contributed by atoms with Gasteiger partial charge in [-0.2, -0.15) is 0 Å². The first-order valence-corrected chi connectivity index (χ1v) is 11.5. The van der Waals surface area contributed by atoms with Gasteiger partial charge in [0.05, 0.1) is 5.69 Å². The molecule has 2 heterocycles. The number of aryl methyl sites for hydroxylation is 1. The van der Waals surface area contributed by atoms with Crippen LogP contribution in [0.4, 0.5) is 5.69 Å². The number of benzene rings is 2. The molecule has 3 aromatic rings. The topological polar surface area (TPSA) is 87.1 Å². The van der Waals surface area contributed by atoms with E-state index in [-0.39, 0.29) is 11.0 Å². The highest BCUT2D eigenvalue weighted by atomic mass is 35.5. The van der Waals surface area contributed by atoms with Crippen LogP contribution in [-0.2, 0) is 5.41 Å². The Kier molecular flexibility index (Phi) is 5.08. The molecule has 1 aromatic heterocycles. The van der Waals surface area contributed by atoms with Gasteiger partial charge in [-0.05, 0) is 54.7 Å². The number of rotatable bonds is 3. The molecule has 1 aliphatic carbocycles. The molecule has 2 unspecified atom stereocenters. The normalized spacial score (nSPS) is 27.0. The van der Waals surface area contributed by atoms with E-state index in [0.29, 0.717) is 22.0 Å². The zero-order valence-electron chi connectivity index (χ0n) is 19.0. The van der Waals surface area contributed by atoms with Gasteiger partial charge in [-0.15, -0.1) is 12.2 Å². The fraction of sp³-hybridized carbons (Fsp3) is 0.346. The van der Waals surface area contributed by atoms with Gasteiger partial charge in [0.1, 0.15) is 0 Å². The zero-order valence-corrected chi connectivity index (χ0v) is 19.8. The van der Waals surface area contributed by atoms with Gasteiger partial charge in [0.15, 0.2) is 0 Å². The Morgan fingerprint density at radius 3 is 2.42 bits per heavy atom. The van der Waals surface area contributed by atoms with Crippen molar-refractivity contribution in [3.05, 3.63) is 92.5 Å². The van der Waals surface area contributed by atoms with Crippen molar-refractivity contribution in [1.29, 1.82) is 0 Å². The molecule has 1 aliphatic heterocycles. The van der Waals surface area contributed by atoms with E-state index < -0.39 is 24.0 Å². The number of allylic oxidation sites excluding steroid dienone is 1. The lowest BCUT2D eigenvalue weighted by molar-refractivity contribution is -0.543. The molecule has 6 nitrogen and oxygen atoms in total. The predicted octanol–water partition coefficient (Wildman–Crippen LogP) is 2.61. The van der Waals surface area contributed by atoms with E-state index in [0.717, 1.165) is 16.9 Å². The minimum atomic E-state index is -1.18. The lowest BCUT2D eigenvalue weighted by Gasteiger charge is -2.60. The maximum Gasteiger partial charge on any atom is 0.274 e. The SMILES string of the molecule is Cc1[nH]n(-c2ccccc2)c(=O)c1C1C([O-])C(C=C2N(C)c3ccc(Cl)cc3C2(C)C)C1[O-]. The van der Waals surface area contributed by atoms with E-state index in [9.17, 15) is 15.0 Å². The fourth-order valence-electron chi connectivity index (χ4n) is 5.43. The molecule has 0 bridgehead atoms. The van der Waals surface area contributed by atoms with Crippen LogP contribution in [0.1, 0.15) is 36.6 Å². The van der Waals surface area contributed by atoms with Crippen molar-refractivity contribution in [2.75, 3.05) is 11.9 Å². The molecule has 1 fully saturated rings. The largest absolute Gasteiger partial charge is 0.851 e. The van der Waals surface area contributed by atoms with Gasteiger partial charge in [-0.25, -0.2) is 4.68 Å². The van der Waals surface area contributed by atoms with Crippen molar-refractivity contribution in [3.63, 3.8) is 0 Å². The third kappa shape index (κ3) is 3.20. The number of hydrogen-bond acceptors (Lipinski definition) is 4. The van der Waals surface area contributed by atoms with Crippen LogP contribution in [0.15, 0.2) is 65.1 Å². The number of aromatic amines is 1. The van der Waals surface area contributed by atoms with Gasteiger partial charge >= 0.3 is 0 Å². The highest BCUT2D eigenvalue weighted by Crippen LogP contribution is 2.50. The van der Waals surface area contributed by atoms with E-state index in [4.69, 9.17) is 11.6 Å². The first-order chi connectivity index (χ1) is 15.6. The van der Waals surface area contributed by atoms with Crippen LogP contribution >= 0.6 is 11.6 Å². The van der Waals surface area contributed by atoms with Crippen molar-refractivity contribution in [3.8, 4) is 5.69 Å². The van der Waals surface area contributed by atoms with Crippen LogP contribution in [0.2, 0.25) is 5.02 Å². The van der Waals surface area contributed by atoms with Gasteiger partial charge in [-0.1, -0.05) is 49.7 Å². The molecule has 33 heavy (non-hydrogen) atoms. The molecular weight excluding hydrogens is 438 g/mol. The first-order valence-electron chi connectivity index (χ1n) is 11.1. The lowest BCUT2D eigenvalue weighted by atomic mass is 9.65. The van der Waals surface area contributed by atoms with Gasteiger partial charge < -0.3 is 15.1 Å². The van der Waals surface area contributed by atoms with Crippen molar-refractivity contribution >= 4 is 17.3 Å². The summed E-state index contributed by atoms with van der Waals surface area (Å²) in [5.74, 6) is -1.57. The van der Waals surface area contributed by atoms with E-state index in [1.54, 1.807) is 19.1 Å². The van der Waals surface area contributed by atoms with Gasteiger partial charge in [0.25, 0.3) is 5.56 Å². The summed E-state index contributed by atoms with van der Waals surface area (Å²) in [6.07, 6.45) is -0.525. The summed E-state index contributed by atoms with van der Waals surface area (Å²) < 4.78 is 1.41. The number of aromatic nitrogens is 2. The third-order valence-corrected chi connectivity index (χ3v) is 7.51. The summed E-state index contributed by atoms with van der Waals surface area (Å²) in [4.78, 5) is 15.2. The molecule has 1 N–H and O–H groups in total. The summed E-state index contributed by atoms with van der Waals surface area (Å²) in [7, 11) is 1.94. The van der Waals surface area contributed by atoms with Crippen LogP contribution in [0.25, 0.3) is 5.69 Å². The Labute approximate surface area is 197 Å². The minimum absolute atomic E-state index is 0.308. The van der Waals surface area contributed by atoms with Crippen LogP contribution in [0, 0.1) is 12.8 Å². The molecule has 1 saturated carbocycles. The second-order valence-electron chi connectivity index (χ2n) is 9.56. The second kappa shape index (κ2) is 7.62. The molecule has 0 radical (unpaired) electrons. The maximum absolute atomic E-state index is 13.3. The van der Waals surface area contributed by atoms with Gasteiger partial charge in [0, 0.05) is 40.1 Å². The molecule has 0 saturated heterocycles. The number of nitrogens with one attached hydrogen (secondary N) is 1. The number of likely N-dealkylation sites (N-methyl/N-ethyl adjacent to an activating group) is 1. The molecule has 0 spiro atoms. The van der Waals surface area contributed by atoms with E-state index in [1.807, 2.05) is 54.4 Å². The lowest BCUT2D eigenvalue weighted by Crippen LogP contribution is -2.65. The molecule has 172 valence electrons. The minimum Gasteiger partial charge on any atom is -0.851 e. The molecule has 7 heteroatoms. The Hall–Kier alpha value is -2.80. The van der Waals surface area contributed by atoms with E-state index in [2.05, 4.69) is 18.9 Å². The smallest absolute Gasteiger partial charge is 0.274 e. The van der Waals surface area contributed by atoms with E-state index >= 15 is 0 Å². The highest BCUT2D eigenvalue weighted by Gasteiger charge is 2.43. The van der Waals surface area contributed by atoms with Crippen molar-refractivity contribution in [2.24, 2.45) is 5.92 Å². The molecule has 2 atom stereocenters. The van der Waals surface area contributed by atoms with Crippen LogP contribution in [0.5, 0.6) is 0 Å². The molecule has 0 amide bonds. The van der Waals surface area contributed by atoms with Crippen molar-refractivity contribution in [1.82, 2.24) is 9.78 Å². The fourth-order valence-corrected chi connectivity index (χ4v) is 5.60. The highest BCUT2D eigenvalue weighted by molar-refractivity contribution is 6.30. The number of halogens is 1.